The Hall–Kier alpha value is -0.340. The van der Waals surface area contributed by atoms with Crippen molar-refractivity contribution in [1.29, 1.82) is 0 Å². The molecule has 0 rings (SSSR count). The van der Waals surface area contributed by atoms with Gasteiger partial charge in [-0.3, -0.25) is 0 Å². The Morgan fingerprint density at radius 1 is 1.31 bits per heavy atom. The van der Waals surface area contributed by atoms with E-state index in [4.69, 9.17) is 4.74 Å². The number of hydrogen-bond acceptors (Lipinski definition) is 2. The zero-order valence-electron chi connectivity index (χ0n) is 9.01. The quantitative estimate of drug-likeness (QED) is 0.439. The van der Waals surface area contributed by atoms with Crippen molar-refractivity contribution < 1.29 is 4.74 Å². The van der Waals surface area contributed by atoms with Crippen molar-refractivity contribution in [2.75, 3.05) is 26.3 Å². The van der Waals surface area contributed by atoms with Crippen molar-refractivity contribution in [3.05, 3.63) is 12.7 Å². The largest absolute Gasteiger partial charge is 0.380 e. The lowest BCUT2D eigenvalue weighted by atomic mass is 10.1. The fourth-order valence-corrected chi connectivity index (χ4v) is 0.895. The average Bonchev–Trinajstić information content (AvgIpc) is 2.09. The van der Waals surface area contributed by atoms with Gasteiger partial charge in [0.2, 0.25) is 0 Å². The Morgan fingerprint density at radius 2 is 2.08 bits per heavy atom. The van der Waals surface area contributed by atoms with E-state index in [0.29, 0.717) is 0 Å². The van der Waals surface area contributed by atoms with Crippen LogP contribution in [0, 0.1) is 5.92 Å². The van der Waals surface area contributed by atoms with Crippen LogP contribution < -0.4 is 5.32 Å². The Balaban J connectivity index is 2.87. The first-order valence-corrected chi connectivity index (χ1v) is 5.16. The van der Waals surface area contributed by atoms with Gasteiger partial charge in [0.1, 0.15) is 0 Å². The van der Waals surface area contributed by atoms with Gasteiger partial charge in [-0.05, 0) is 25.3 Å². The maximum absolute atomic E-state index is 5.44. The van der Waals surface area contributed by atoms with Gasteiger partial charge in [-0.25, -0.2) is 0 Å². The van der Waals surface area contributed by atoms with E-state index in [2.05, 4.69) is 25.7 Å². The summed E-state index contributed by atoms with van der Waals surface area (Å²) >= 11 is 0. The molecule has 0 saturated carbocycles. The molecule has 0 atom stereocenters. The van der Waals surface area contributed by atoms with Crippen molar-refractivity contribution in [1.82, 2.24) is 5.32 Å². The lowest BCUT2D eigenvalue weighted by Crippen LogP contribution is -2.20. The molecule has 0 unspecified atom stereocenters. The third-order valence-corrected chi connectivity index (χ3v) is 1.79. The monoisotopic (exact) mass is 185 g/mol. The standard InChI is InChI=1S/C11H23NO/c1-4-5-7-12-8-10-13-9-6-11(2)3/h4,11-12H,1,5-10H2,2-3H3. The van der Waals surface area contributed by atoms with Crippen LogP contribution in [0.4, 0.5) is 0 Å². The van der Waals surface area contributed by atoms with Gasteiger partial charge in [0, 0.05) is 13.2 Å². The van der Waals surface area contributed by atoms with Crippen molar-refractivity contribution in [3.63, 3.8) is 0 Å². The lowest BCUT2D eigenvalue weighted by Gasteiger charge is -2.06. The van der Waals surface area contributed by atoms with Crippen LogP contribution >= 0.6 is 0 Å². The Kier molecular flexibility index (Phi) is 9.49. The van der Waals surface area contributed by atoms with Gasteiger partial charge in [-0.1, -0.05) is 19.9 Å². The van der Waals surface area contributed by atoms with Gasteiger partial charge in [-0.2, -0.15) is 0 Å². The zero-order chi connectivity index (χ0) is 9.94. The van der Waals surface area contributed by atoms with Crippen molar-refractivity contribution in [2.24, 2.45) is 5.92 Å². The van der Waals surface area contributed by atoms with Crippen LogP contribution in [0.15, 0.2) is 12.7 Å². The highest BCUT2D eigenvalue weighted by Crippen LogP contribution is 1.98. The number of ether oxygens (including phenoxy) is 1. The fourth-order valence-electron chi connectivity index (χ4n) is 0.895. The molecule has 0 aliphatic carbocycles. The predicted molar refractivity (Wildman–Crippen MR) is 58.0 cm³/mol. The Morgan fingerprint density at radius 3 is 2.69 bits per heavy atom. The molecule has 0 amide bonds. The molecule has 0 fully saturated rings. The third kappa shape index (κ3) is 11.7. The highest BCUT2D eigenvalue weighted by molar-refractivity contribution is 4.67. The highest BCUT2D eigenvalue weighted by Gasteiger charge is 1.93. The van der Waals surface area contributed by atoms with Gasteiger partial charge >= 0.3 is 0 Å². The van der Waals surface area contributed by atoms with Gasteiger partial charge in [0.25, 0.3) is 0 Å². The molecule has 0 bridgehead atoms. The molecule has 0 aliphatic heterocycles. The Labute approximate surface area is 82.4 Å². The smallest absolute Gasteiger partial charge is 0.0590 e. The topological polar surface area (TPSA) is 21.3 Å². The summed E-state index contributed by atoms with van der Waals surface area (Å²) in [6, 6.07) is 0. The summed E-state index contributed by atoms with van der Waals surface area (Å²) in [6.45, 7) is 11.8. The lowest BCUT2D eigenvalue weighted by molar-refractivity contribution is 0.125. The molecular weight excluding hydrogens is 162 g/mol. The first-order valence-electron chi connectivity index (χ1n) is 5.16. The summed E-state index contributed by atoms with van der Waals surface area (Å²) in [5.41, 5.74) is 0. The summed E-state index contributed by atoms with van der Waals surface area (Å²) < 4.78 is 5.44. The molecule has 1 N–H and O–H groups in total. The SMILES string of the molecule is C=CCCNCCOCCC(C)C. The third-order valence-electron chi connectivity index (χ3n) is 1.79. The molecule has 0 radical (unpaired) electrons. The van der Waals surface area contributed by atoms with Crippen LogP contribution in [0.3, 0.4) is 0 Å². The molecule has 13 heavy (non-hydrogen) atoms. The molecule has 0 aromatic heterocycles. The van der Waals surface area contributed by atoms with Crippen LogP contribution in [-0.4, -0.2) is 26.3 Å². The van der Waals surface area contributed by atoms with E-state index in [-0.39, 0.29) is 0 Å². The summed E-state index contributed by atoms with van der Waals surface area (Å²) in [7, 11) is 0. The van der Waals surface area contributed by atoms with E-state index in [1.165, 1.54) is 0 Å². The minimum absolute atomic E-state index is 0.744. The molecule has 0 spiro atoms. The molecule has 0 aromatic carbocycles. The van der Waals surface area contributed by atoms with Gasteiger partial charge < -0.3 is 10.1 Å². The molecule has 2 nitrogen and oxygen atoms in total. The number of nitrogens with one attached hydrogen (secondary N) is 1. The first-order chi connectivity index (χ1) is 6.27. The summed E-state index contributed by atoms with van der Waals surface area (Å²) in [4.78, 5) is 0. The number of hydrogen-bond donors (Lipinski definition) is 1. The number of rotatable bonds is 9. The minimum atomic E-state index is 0.744. The summed E-state index contributed by atoms with van der Waals surface area (Å²) in [5, 5.41) is 3.28. The van der Waals surface area contributed by atoms with E-state index < -0.39 is 0 Å². The minimum Gasteiger partial charge on any atom is -0.380 e. The summed E-state index contributed by atoms with van der Waals surface area (Å²) in [5.74, 6) is 0.744. The van der Waals surface area contributed by atoms with Crippen LogP contribution in [0.2, 0.25) is 0 Å². The maximum atomic E-state index is 5.44. The van der Waals surface area contributed by atoms with Gasteiger partial charge in [0.05, 0.1) is 6.61 Å². The molecule has 0 aliphatic rings. The molecule has 0 saturated heterocycles. The van der Waals surface area contributed by atoms with E-state index in [9.17, 15) is 0 Å². The van der Waals surface area contributed by atoms with E-state index in [0.717, 1.165) is 45.1 Å². The van der Waals surface area contributed by atoms with Crippen LogP contribution in [-0.2, 0) is 4.74 Å². The second-order valence-corrected chi connectivity index (χ2v) is 3.62. The molecular formula is C11H23NO. The molecule has 78 valence electrons. The highest BCUT2D eigenvalue weighted by atomic mass is 16.5. The predicted octanol–water partition coefficient (Wildman–Crippen LogP) is 2.21. The van der Waals surface area contributed by atoms with Crippen molar-refractivity contribution in [2.45, 2.75) is 26.7 Å². The normalized spacial score (nSPS) is 10.7. The van der Waals surface area contributed by atoms with Crippen molar-refractivity contribution in [3.8, 4) is 0 Å². The van der Waals surface area contributed by atoms with Crippen LogP contribution in [0.1, 0.15) is 26.7 Å². The second kappa shape index (κ2) is 9.75. The molecule has 0 heterocycles. The molecule has 2 heteroatoms. The van der Waals surface area contributed by atoms with Crippen LogP contribution in [0.25, 0.3) is 0 Å². The van der Waals surface area contributed by atoms with Crippen molar-refractivity contribution >= 4 is 0 Å². The fraction of sp³-hybridized carbons (Fsp3) is 0.818. The summed E-state index contributed by atoms with van der Waals surface area (Å²) in [6.07, 6.45) is 4.12. The second-order valence-electron chi connectivity index (χ2n) is 3.62. The van der Waals surface area contributed by atoms with E-state index in [1.54, 1.807) is 0 Å². The molecule has 0 aromatic rings. The van der Waals surface area contributed by atoms with Gasteiger partial charge in [0.15, 0.2) is 0 Å². The van der Waals surface area contributed by atoms with E-state index in [1.807, 2.05) is 6.08 Å². The van der Waals surface area contributed by atoms with Crippen LogP contribution in [0.5, 0.6) is 0 Å². The van der Waals surface area contributed by atoms with E-state index >= 15 is 0 Å². The first kappa shape index (κ1) is 12.7. The average molecular weight is 185 g/mol. The maximum Gasteiger partial charge on any atom is 0.0590 e. The Bertz CT molecular complexity index is 113. The zero-order valence-corrected chi connectivity index (χ0v) is 9.01. The van der Waals surface area contributed by atoms with Gasteiger partial charge in [-0.15, -0.1) is 6.58 Å².